The first-order valence-corrected chi connectivity index (χ1v) is 7.22. The van der Waals surface area contributed by atoms with Crippen molar-refractivity contribution in [2.75, 3.05) is 0 Å². The summed E-state index contributed by atoms with van der Waals surface area (Å²) in [6, 6.07) is 18.3. The van der Waals surface area contributed by atoms with E-state index >= 15 is 0 Å². The molecule has 3 aromatic rings. The zero-order valence-corrected chi connectivity index (χ0v) is 12.1. The summed E-state index contributed by atoms with van der Waals surface area (Å²) in [6.45, 7) is 2.16. The molecule has 0 aliphatic rings. The molecule has 0 aliphatic carbocycles. The van der Waals surface area contributed by atoms with Crippen molar-refractivity contribution in [1.82, 2.24) is 9.55 Å². The minimum atomic E-state index is -0.182. The van der Waals surface area contributed by atoms with Gasteiger partial charge in [-0.25, -0.2) is 4.98 Å². The lowest BCUT2D eigenvalue weighted by atomic mass is 10.0. The Morgan fingerprint density at radius 3 is 2.52 bits per heavy atom. The smallest absolute Gasteiger partial charge is 0.0994 e. The third-order valence-corrected chi connectivity index (χ3v) is 3.78. The molecule has 21 heavy (non-hydrogen) atoms. The quantitative estimate of drug-likeness (QED) is 0.793. The van der Waals surface area contributed by atoms with E-state index in [9.17, 15) is 0 Å². The molecule has 106 valence electrons. The number of rotatable bonds is 4. The molecule has 3 heteroatoms. The summed E-state index contributed by atoms with van der Waals surface area (Å²) in [4.78, 5) is 4.30. The van der Waals surface area contributed by atoms with Gasteiger partial charge in [0.05, 0.1) is 29.9 Å². The van der Waals surface area contributed by atoms with E-state index < -0.39 is 0 Å². The molecule has 0 spiro atoms. The van der Waals surface area contributed by atoms with Crippen molar-refractivity contribution in [3.63, 3.8) is 0 Å². The largest absolute Gasteiger partial charge is 0.319 e. The average molecular weight is 277 g/mol. The van der Waals surface area contributed by atoms with Gasteiger partial charge in [-0.3, -0.25) is 0 Å². The van der Waals surface area contributed by atoms with Crippen LogP contribution in [0.1, 0.15) is 29.8 Å². The van der Waals surface area contributed by atoms with Crippen LogP contribution in [0.3, 0.4) is 0 Å². The lowest BCUT2D eigenvalue weighted by molar-refractivity contribution is 0.789. The van der Waals surface area contributed by atoms with Crippen molar-refractivity contribution in [3.8, 4) is 5.69 Å². The SMILES string of the molecule is CCc1ccccc1-n1cncc1C(N)c1ccccc1. The molecule has 0 amide bonds. The van der Waals surface area contributed by atoms with Gasteiger partial charge in [-0.15, -0.1) is 0 Å². The third-order valence-electron chi connectivity index (χ3n) is 3.78. The molecule has 0 saturated carbocycles. The van der Waals surface area contributed by atoms with Gasteiger partial charge in [-0.1, -0.05) is 55.5 Å². The first-order valence-electron chi connectivity index (χ1n) is 7.22. The van der Waals surface area contributed by atoms with Crippen LogP contribution in [-0.4, -0.2) is 9.55 Å². The molecule has 1 unspecified atom stereocenters. The number of nitrogens with two attached hydrogens (primary N) is 1. The zero-order valence-electron chi connectivity index (χ0n) is 12.1. The number of imidazole rings is 1. The van der Waals surface area contributed by atoms with E-state index in [4.69, 9.17) is 5.73 Å². The predicted molar refractivity (Wildman–Crippen MR) is 85.4 cm³/mol. The molecular formula is C18H19N3. The van der Waals surface area contributed by atoms with Crippen molar-refractivity contribution in [2.45, 2.75) is 19.4 Å². The summed E-state index contributed by atoms with van der Waals surface area (Å²) in [7, 11) is 0. The minimum Gasteiger partial charge on any atom is -0.319 e. The molecule has 0 aliphatic heterocycles. The fourth-order valence-corrected chi connectivity index (χ4v) is 2.61. The number of hydrogen-bond acceptors (Lipinski definition) is 2. The standard InChI is InChI=1S/C18H19N3/c1-2-14-8-6-7-11-16(14)21-13-20-12-17(21)18(19)15-9-4-3-5-10-15/h3-13,18H,2,19H2,1H3. The maximum Gasteiger partial charge on any atom is 0.0994 e. The van der Waals surface area contributed by atoms with Crippen molar-refractivity contribution >= 4 is 0 Å². The van der Waals surface area contributed by atoms with Crippen molar-refractivity contribution < 1.29 is 0 Å². The number of nitrogens with zero attached hydrogens (tertiary/aromatic N) is 2. The fourth-order valence-electron chi connectivity index (χ4n) is 2.61. The number of benzene rings is 2. The van der Waals surface area contributed by atoms with Crippen LogP contribution in [0.2, 0.25) is 0 Å². The zero-order chi connectivity index (χ0) is 14.7. The molecule has 1 heterocycles. The van der Waals surface area contributed by atoms with E-state index in [-0.39, 0.29) is 6.04 Å². The average Bonchev–Trinajstić information content (AvgIpc) is 3.04. The van der Waals surface area contributed by atoms with E-state index in [2.05, 4.69) is 34.7 Å². The monoisotopic (exact) mass is 277 g/mol. The molecular weight excluding hydrogens is 258 g/mol. The lowest BCUT2D eigenvalue weighted by Crippen LogP contribution is -2.16. The van der Waals surface area contributed by atoms with Crippen LogP contribution in [0.15, 0.2) is 67.1 Å². The van der Waals surface area contributed by atoms with Gasteiger partial charge in [0.1, 0.15) is 0 Å². The van der Waals surface area contributed by atoms with Gasteiger partial charge in [0.25, 0.3) is 0 Å². The van der Waals surface area contributed by atoms with E-state index in [1.54, 1.807) is 0 Å². The number of aromatic nitrogens is 2. The van der Waals surface area contributed by atoms with Gasteiger partial charge in [-0.05, 0) is 23.6 Å². The summed E-state index contributed by atoms with van der Waals surface area (Å²) >= 11 is 0. The summed E-state index contributed by atoms with van der Waals surface area (Å²) in [5.41, 5.74) is 11.0. The highest BCUT2D eigenvalue weighted by molar-refractivity contribution is 5.43. The summed E-state index contributed by atoms with van der Waals surface area (Å²) in [5, 5.41) is 0. The Morgan fingerprint density at radius 2 is 1.76 bits per heavy atom. The molecule has 3 nitrogen and oxygen atoms in total. The van der Waals surface area contributed by atoms with Crippen molar-refractivity contribution in [2.24, 2.45) is 5.73 Å². The molecule has 2 aromatic carbocycles. The molecule has 0 fully saturated rings. The Bertz CT molecular complexity index is 716. The molecule has 3 rings (SSSR count). The second-order valence-electron chi connectivity index (χ2n) is 5.06. The van der Waals surface area contributed by atoms with Crippen LogP contribution in [0, 0.1) is 0 Å². The highest BCUT2D eigenvalue weighted by Crippen LogP contribution is 2.24. The summed E-state index contributed by atoms with van der Waals surface area (Å²) in [5.74, 6) is 0. The van der Waals surface area contributed by atoms with E-state index in [1.807, 2.05) is 48.9 Å². The molecule has 1 atom stereocenters. The van der Waals surface area contributed by atoms with Crippen molar-refractivity contribution in [1.29, 1.82) is 0 Å². The van der Waals surface area contributed by atoms with Gasteiger partial charge in [-0.2, -0.15) is 0 Å². The Balaban J connectivity index is 2.05. The van der Waals surface area contributed by atoms with Gasteiger partial charge in [0.2, 0.25) is 0 Å². The second-order valence-corrected chi connectivity index (χ2v) is 5.06. The Labute approximate surface area is 125 Å². The van der Waals surface area contributed by atoms with Gasteiger partial charge in [0, 0.05) is 0 Å². The third kappa shape index (κ3) is 2.60. The Kier molecular flexibility index (Phi) is 3.84. The highest BCUT2D eigenvalue weighted by Gasteiger charge is 2.15. The predicted octanol–water partition coefficient (Wildman–Crippen LogP) is 3.48. The first-order chi connectivity index (χ1) is 10.3. The van der Waals surface area contributed by atoms with E-state index in [0.29, 0.717) is 0 Å². The van der Waals surface area contributed by atoms with Crippen LogP contribution >= 0.6 is 0 Å². The lowest BCUT2D eigenvalue weighted by Gasteiger charge is -2.17. The summed E-state index contributed by atoms with van der Waals surface area (Å²) in [6.07, 6.45) is 4.67. The molecule has 2 N–H and O–H groups in total. The number of para-hydroxylation sites is 1. The normalized spacial score (nSPS) is 12.3. The van der Waals surface area contributed by atoms with Gasteiger partial charge in [0.15, 0.2) is 0 Å². The Hall–Kier alpha value is -2.39. The van der Waals surface area contributed by atoms with Crippen LogP contribution < -0.4 is 5.73 Å². The van der Waals surface area contributed by atoms with Crippen LogP contribution in [-0.2, 0) is 6.42 Å². The van der Waals surface area contributed by atoms with Gasteiger partial charge >= 0.3 is 0 Å². The molecule has 0 bridgehead atoms. The fraction of sp³-hybridized carbons (Fsp3) is 0.167. The first kappa shape index (κ1) is 13.6. The van der Waals surface area contributed by atoms with Crippen molar-refractivity contribution in [3.05, 3.63) is 83.9 Å². The number of aryl methyl sites for hydroxylation is 1. The molecule has 0 saturated heterocycles. The number of hydrogen-bond donors (Lipinski definition) is 1. The van der Waals surface area contributed by atoms with E-state index in [0.717, 1.165) is 23.4 Å². The maximum absolute atomic E-state index is 6.43. The maximum atomic E-state index is 6.43. The van der Waals surface area contributed by atoms with Crippen LogP contribution in [0.25, 0.3) is 5.69 Å². The molecule has 0 radical (unpaired) electrons. The topological polar surface area (TPSA) is 43.8 Å². The highest BCUT2D eigenvalue weighted by atomic mass is 15.1. The van der Waals surface area contributed by atoms with Gasteiger partial charge < -0.3 is 10.3 Å². The van der Waals surface area contributed by atoms with E-state index in [1.165, 1.54) is 5.56 Å². The van der Waals surface area contributed by atoms with Crippen LogP contribution in [0.4, 0.5) is 0 Å². The summed E-state index contributed by atoms with van der Waals surface area (Å²) < 4.78 is 2.09. The second kappa shape index (κ2) is 5.94. The minimum absolute atomic E-state index is 0.182. The molecule has 1 aromatic heterocycles. The van der Waals surface area contributed by atoms with Crippen LogP contribution in [0.5, 0.6) is 0 Å². The Morgan fingerprint density at radius 1 is 1.05 bits per heavy atom.